The molecule has 4 N–H and O–H groups in total. The quantitative estimate of drug-likeness (QED) is 0.477. The predicted octanol–water partition coefficient (Wildman–Crippen LogP) is 5.17. The zero-order valence-corrected chi connectivity index (χ0v) is 19.3. The molecule has 5 rings (SSSR count). The normalized spacial score (nSPS) is 21.5. The number of hydrogen-bond donors (Lipinski definition) is 3. The van der Waals surface area contributed by atoms with E-state index in [0.29, 0.717) is 12.0 Å². The Morgan fingerprint density at radius 2 is 1.85 bits per heavy atom. The van der Waals surface area contributed by atoms with Crippen LogP contribution in [0.1, 0.15) is 48.2 Å². The molecule has 170 valence electrons. The van der Waals surface area contributed by atoms with Gasteiger partial charge in [0.1, 0.15) is 0 Å². The Hall–Kier alpha value is -3.38. The number of aromatic nitrogens is 2. The van der Waals surface area contributed by atoms with Crippen LogP contribution in [0.15, 0.2) is 48.8 Å². The SMILES string of the molecule is Cc1cc(C)c(/C=C2\C(=O)N(CC3CCC(N)CC3)c3cc(Nc4ccncc4)ccc32)[nH]1. The predicted molar refractivity (Wildman–Crippen MR) is 134 cm³/mol. The van der Waals surface area contributed by atoms with E-state index in [-0.39, 0.29) is 5.91 Å². The molecule has 1 aromatic carbocycles. The van der Waals surface area contributed by atoms with Crippen LogP contribution in [0.2, 0.25) is 0 Å². The standard InChI is InChI=1S/C27H31N5O/c1-17-13-18(2)30-25(17)15-24-23-8-7-22(31-21-9-11-29-12-10-21)14-26(23)32(27(24)33)16-19-3-5-20(28)6-4-19/h7-15,19-20,30H,3-6,16,28H2,1-2H3,(H,29,31)/b24-15-. The number of nitrogens with zero attached hydrogens (tertiary/aromatic N) is 2. The van der Waals surface area contributed by atoms with E-state index in [2.05, 4.69) is 40.4 Å². The maximum absolute atomic E-state index is 13.7. The maximum atomic E-state index is 13.7. The molecule has 3 heterocycles. The lowest BCUT2D eigenvalue weighted by atomic mass is 9.86. The van der Waals surface area contributed by atoms with E-state index in [1.54, 1.807) is 12.4 Å². The summed E-state index contributed by atoms with van der Waals surface area (Å²) in [6.45, 7) is 4.84. The number of aromatic amines is 1. The summed E-state index contributed by atoms with van der Waals surface area (Å²) in [6.07, 6.45) is 9.75. The van der Waals surface area contributed by atoms with E-state index >= 15 is 0 Å². The molecule has 2 aromatic heterocycles. The molecule has 1 amide bonds. The maximum Gasteiger partial charge on any atom is 0.259 e. The number of hydrogen-bond acceptors (Lipinski definition) is 4. The molecule has 0 atom stereocenters. The molecule has 1 aliphatic heterocycles. The Labute approximate surface area is 194 Å². The van der Waals surface area contributed by atoms with Crippen molar-refractivity contribution in [3.8, 4) is 0 Å². The van der Waals surface area contributed by atoms with Crippen molar-refractivity contribution in [2.75, 3.05) is 16.8 Å². The third-order valence-corrected chi connectivity index (χ3v) is 6.83. The fourth-order valence-electron chi connectivity index (χ4n) is 5.03. The number of fused-ring (bicyclic) bond motifs is 1. The van der Waals surface area contributed by atoms with Crippen LogP contribution < -0.4 is 16.0 Å². The van der Waals surface area contributed by atoms with Crippen LogP contribution in [0, 0.1) is 19.8 Å². The first-order valence-corrected chi connectivity index (χ1v) is 11.7. The second kappa shape index (κ2) is 8.87. The zero-order chi connectivity index (χ0) is 22.9. The summed E-state index contributed by atoms with van der Waals surface area (Å²) in [5.74, 6) is 0.555. The van der Waals surface area contributed by atoms with E-state index < -0.39 is 0 Å². The number of amides is 1. The Morgan fingerprint density at radius 3 is 2.55 bits per heavy atom. The van der Waals surface area contributed by atoms with Crippen LogP contribution in [0.25, 0.3) is 11.6 Å². The first-order valence-electron chi connectivity index (χ1n) is 11.7. The number of anilines is 3. The summed E-state index contributed by atoms with van der Waals surface area (Å²) in [7, 11) is 0. The molecule has 33 heavy (non-hydrogen) atoms. The minimum atomic E-state index is 0.0765. The average Bonchev–Trinajstić information content (AvgIpc) is 3.26. The number of H-pyrrole nitrogens is 1. The van der Waals surface area contributed by atoms with Crippen molar-refractivity contribution in [3.05, 3.63) is 71.3 Å². The molecule has 2 aliphatic rings. The summed E-state index contributed by atoms with van der Waals surface area (Å²) in [5, 5.41) is 3.44. The summed E-state index contributed by atoms with van der Waals surface area (Å²) in [4.78, 5) is 23.1. The van der Waals surface area contributed by atoms with Crippen molar-refractivity contribution in [1.29, 1.82) is 0 Å². The van der Waals surface area contributed by atoms with Crippen LogP contribution in [-0.4, -0.2) is 28.5 Å². The Balaban J connectivity index is 1.51. The highest BCUT2D eigenvalue weighted by Crippen LogP contribution is 2.41. The number of benzene rings is 1. The van der Waals surface area contributed by atoms with Crippen molar-refractivity contribution >= 4 is 34.6 Å². The molecule has 3 aromatic rings. The van der Waals surface area contributed by atoms with Crippen LogP contribution in [0.4, 0.5) is 17.1 Å². The molecule has 0 saturated heterocycles. The lowest BCUT2D eigenvalue weighted by molar-refractivity contribution is -0.113. The molecule has 1 aliphatic carbocycles. The van der Waals surface area contributed by atoms with Crippen molar-refractivity contribution < 1.29 is 4.79 Å². The minimum Gasteiger partial charge on any atom is -0.359 e. The first kappa shape index (κ1) is 21.5. The van der Waals surface area contributed by atoms with Gasteiger partial charge in [0.15, 0.2) is 0 Å². The number of nitrogens with two attached hydrogens (primary N) is 1. The average molecular weight is 442 g/mol. The number of aryl methyl sites for hydroxylation is 2. The molecule has 6 nitrogen and oxygen atoms in total. The van der Waals surface area contributed by atoms with Crippen molar-refractivity contribution in [2.45, 2.75) is 45.6 Å². The van der Waals surface area contributed by atoms with Gasteiger partial charge < -0.3 is 20.9 Å². The second-order valence-corrected chi connectivity index (χ2v) is 9.40. The number of nitrogens with one attached hydrogen (secondary N) is 2. The van der Waals surface area contributed by atoms with Gasteiger partial charge in [0.2, 0.25) is 0 Å². The summed E-state index contributed by atoms with van der Waals surface area (Å²) in [5.41, 5.74) is 14.0. The molecule has 0 spiro atoms. The van der Waals surface area contributed by atoms with Crippen LogP contribution in [-0.2, 0) is 4.79 Å². The largest absolute Gasteiger partial charge is 0.359 e. The number of carbonyl (C=O) groups is 1. The number of pyridine rings is 1. The zero-order valence-electron chi connectivity index (χ0n) is 19.3. The van der Waals surface area contributed by atoms with Gasteiger partial charge in [0.05, 0.1) is 11.3 Å². The van der Waals surface area contributed by atoms with Crippen LogP contribution >= 0.6 is 0 Å². The third-order valence-electron chi connectivity index (χ3n) is 6.83. The van der Waals surface area contributed by atoms with Crippen molar-refractivity contribution in [1.82, 2.24) is 9.97 Å². The highest BCUT2D eigenvalue weighted by molar-refractivity contribution is 6.36. The van der Waals surface area contributed by atoms with Gasteiger partial charge in [0.25, 0.3) is 5.91 Å². The fraction of sp³-hybridized carbons (Fsp3) is 0.333. The summed E-state index contributed by atoms with van der Waals surface area (Å²) < 4.78 is 0. The van der Waals surface area contributed by atoms with Gasteiger partial charge in [-0.3, -0.25) is 9.78 Å². The molecule has 0 bridgehead atoms. The van der Waals surface area contributed by atoms with Crippen LogP contribution in [0.3, 0.4) is 0 Å². The summed E-state index contributed by atoms with van der Waals surface area (Å²) >= 11 is 0. The fourth-order valence-corrected chi connectivity index (χ4v) is 5.03. The van der Waals surface area contributed by atoms with Crippen molar-refractivity contribution in [2.24, 2.45) is 11.7 Å². The molecule has 6 heteroatoms. The van der Waals surface area contributed by atoms with Crippen molar-refractivity contribution in [3.63, 3.8) is 0 Å². The van der Waals surface area contributed by atoms with Gasteiger partial charge in [-0.2, -0.15) is 0 Å². The third kappa shape index (κ3) is 4.44. The Morgan fingerprint density at radius 1 is 1.09 bits per heavy atom. The highest BCUT2D eigenvalue weighted by Gasteiger charge is 2.35. The number of carbonyl (C=O) groups excluding carboxylic acids is 1. The van der Waals surface area contributed by atoms with Gasteiger partial charge in [-0.05, 0) is 87.4 Å². The van der Waals surface area contributed by atoms with E-state index in [1.165, 1.54) is 0 Å². The molecular weight excluding hydrogens is 410 g/mol. The van der Waals surface area contributed by atoms with E-state index in [0.717, 1.165) is 77.4 Å². The van der Waals surface area contributed by atoms with Gasteiger partial charge in [0, 0.05) is 53.3 Å². The lowest BCUT2D eigenvalue weighted by Crippen LogP contribution is -2.36. The van der Waals surface area contributed by atoms with E-state index in [1.807, 2.05) is 36.1 Å². The molecule has 0 radical (unpaired) electrons. The Kier molecular flexibility index (Phi) is 5.77. The summed E-state index contributed by atoms with van der Waals surface area (Å²) in [6, 6.07) is 12.5. The smallest absolute Gasteiger partial charge is 0.259 e. The molecule has 0 unspecified atom stereocenters. The Bertz CT molecular complexity index is 1190. The van der Waals surface area contributed by atoms with E-state index in [9.17, 15) is 4.79 Å². The van der Waals surface area contributed by atoms with Gasteiger partial charge in [-0.1, -0.05) is 6.07 Å². The highest BCUT2D eigenvalue weighted by atomic mass is 16.2. The molecule has 1 fully saturated rings. The first-order chi connectivity index (χ1) is 16.0. The second-order valence-electron chi connectivity index (χ2n) is 9.40. The van der Waals surface area contributed by atoms with Gasteiger partial charge in [-0.15, -0.1) is 0 Å². The minimum absolute atomic E-state index is 0.0765. The van der Waals surface area contributed by atoms with Crippen LogP contribution in [0.5, 0.6) is 0 Å². The lowest BCUT2D eigenvalue weighted by Gasteiger charge is -2.30. The number of rotatable bonds is 5. The van der Waals surface area contributed by atoms with Gasteiger partial charge >= 0.3 is 0 Å². The molecule has 1 saturated carbocycles. The topological polar surface area (TPSA) is 87.0 Å². The monoisotopic (exact) mass is 441 g/mol. The van der Waals surface area contributed by atoms with E-state index in [4.69, 9.17) is 5.73 Å². The van der Waals surface area contributed by atoms with Gasteiger partial charge in [-0.25, -0.2) is 0 Å². The molecular formula is C27H31N5O.